The standard InChI is InChI=1S/C20H24FN/c21-20(11-10-17-6-2-1-3-7-17)16-22-14-12-18-8-4-5-9-19(18)13-15-22/h1-9,20H,10-16H2. The van der Waals surface area contributed by atoms with Crippen molar-refractivity contribution in [1.29, 1.82) is 0 Å². The molecule has 0 saturated heterocycles. The van der Waals surface area contributed by atoms with Gasteiger partial charge in [-0.25, -0.2) is 4.39 Å². The minimum atomic E-state index is -0.735. The van der Waals surface area contributed by atoms with Crippen LogP contribution in [0.15, 0.2) is 54.6 Å². The van der Waals surface area contributed by atoms with Crippen LogP contribution in [0.2, 0.25) is 0 Å². The maximum Gasteiger partial charge on any atom is 0.113 e. The number of rotatable bonds is 5. The van der Waals surface area contributed by atoms with Gasteiger partial charge in [-0.05, 0) is 42.4 Å². The lowest BCUT2D eigenvalue weighted by molar-refractivity contribution is 0.189. The molecule has 116 valence electrons. The Hall–Kier alpha value is -1.67. The SMILES string of the molecule is FC(CCc1ccccc1)CN1CCc2ccccc2CC1. The fourth-order valence-corrected chi connectivity index (χ4v) is 3.24. The first-order valence-corrected chi connectivity index (χ1v) is 8.28. The lowest BCUT2D eigenvalue weighted by Crippen LogP contribution is -2.33. The van der Waals surface area contributed by atoms with E-state index in [0.717, 1.165) is 32.4 Å². The maximum absolute atomic E-state index is 14.3. The van der Waals surface area contributed by atoms with E-state index in [9.17, 15) is 4.39 Å². The van der Waals surface area contributed by atoms with Gasteiger partial charge in [0.1, 0.15) is 6.17 Å². The first-order chi connectivity index (χ1) is 10.8. The Kier molecular flexibility index (Phi) is 5.23. The minimum absolute atomic E-state index is 0.570. The summed E-state index contributed by atoms with van der Waals surface area (Å²) in [6.07, 6.45) is 2.80. The van der Waals surface area contributed by atoms with E-state index in [0.29, 0.717) is 13.0 Å². The van der Waals surface area contributed by atoms with Crippen LogP contribution in [-0.4, -0.2) is 30.7 Å². The van der Waals surface area contributed by atoms with Crippen LogP contribution in [0.5, 0.6) is 0 Å². The quantitative estimate of drug-likeness (QED) is 0.804. The van der Waals surface area contributed by atoms with Crippen molar-refractivity contribution in [2.24, 2.45) is 0 Å². The van der Waals surface area contributed by atoms with Gasteiger partial charge >= 0.3 is 0 Å². The summed E-state index contributed by atoms with van der Waals surface area (Å²) in [7, 11) is 0. The van der Waals surface area contributed by atoms with Gasteiger partial charge in [0.05, 0.1) is 0 Å². The Morgan fingerprint density at radius 1 is 0.864 bits per heavy atom. The highest BCUT2D eigenvalue weighted by atomic mass is 19.1. The second-order valence-electron chi connectivity index (χ2n) is 6.19. The molecule has 0 bridgehead atoms. The second kappa shape index (κ2) is 7.55. The first kappa shape index (κ1) is 15.2. The van der Waals surface area contributed by atoms with Crippen LogP contribution in [0.25, 0.3) is 0 Å². The summed E-state index contributed by atoms with van der Waals surface area (Å²) in [4.78, 5) is 2.29. The summed E-state index contributed by atoms with van der Waals surface area (Å²) in [5.41, 5.74) is 4.10. The molecule has 1 nitrogen and oxygen atoms in total. The monoisotopic (exact) mass is 297 g/mol. The largest absolute Gasteiger partial charge is 0.300 e. The third-order valence-electron chi connectivity index (χ3n) is 4.56. The van der Waals surface area contributed by atoms with Crippen LogP contribution in [0.1, 0.15) is 23.1 Å². The molecule has 0 N–H and O–H groups in total. The van der Waals surface area contributed by atoms with Gasteiger partial charge in [0.15, 0.2) is 0 Å². The highest BCUT2D eigenvalue weighted by molar-refractivity contribution is 5.28. The Labute approximate surface area is 132 Å². The predicted molar refractivity (Wildman–Crippen MR) is 89.9 cm³/mol. The van der Waals surface area contributed by atoms with E-state index in [-0.39, 0.29) is 0 Å². The average molecular weight is 297 g/mol. The van der Waals surface area contributed by atoms with Crippen LogP contribution in [0, 0.1) is 0 Å². The highest BCUT2D eigenvalue weighted by Gasteiger charge is 2.17. The van der Waals surface area contributed by atoms with Gasteiger partial charge in [-0.2, -0.15) is 0 Å². The van der Waals surface area contributed by atoms with Gasteiger partial charge in [0.25, 0.3) is 0 Å². The molecule has 2 aromatic carbocycles. The summed E-state index contributed by atoms with van der Waals surface area (Å²) in [5, 5.41) is 0. The van der Waals surface area contributed by atoms with Crippen molar-refractivity contribution >= 4 is 0 Å². The minimum Gasteiger partial charge on any atom is -0.300 e. The zero-order valence-electron chi connectivity index (χ0n) is 13.0. The van der Waals surface area contributed by atoms with Gasteiger partial charge in [-0.3, -0.25) is 4.90 Å². The summed E-state index contributed by atoms with van der Waals surface area (Å²) < 4.78 is 14.3. The molecule has 2 aromatic rings. The molecule has 1 aliphatic heterocycles. The first-order valence-electron chi connectivity index (χ1n) is 8.28. The van der Waals surface area contributed by atoms with Crippen LogP contribution in [0.3, 0.4) is 0 Å². The molecule has 22 heavy (non-hydrogen) atoms. The summed E-state index contributed by atoms with van der Waals surface area (Å²) in [6, 6.07) is 18.8. The van der Waals surface area contributed by atoms with Crippen LogP contribution in [-0.2, 0) is 19.3 Å². The Balaban J connectivity index is 1.47. The van der Waals surface area contributed by atoms with Crippen LogP contribution < -0.4 is 0 Å². The lowest BCUT2D eigenvalue weighted by atomic mass is 10.0. The summed E-state index contributed by atoms with van der Waals surface area (Å²) in [6.45, 7) is 2.52. The number of benzene rings is 2. The molecule has 0 aromatic heterocycles. The molecule has 0 radical (unpaired) electrons. The van der Waals surface area contributed by atoms with E-state index in [2.05, 4.69) is 41.3 Å². The van der Waals surface area contributed by atoms with E-state index in [1.165, 1.54) is 16.7 Å². The Morgan fingerprint density at radius 2 is 1.45 bits per heavy atom. The molecule has 3 rings (SSSR count). The number of nitrogens with zero attached hydrogens (tertiary/aromatic N) is 1. The smallest absolute Gasteiger partial charge is 0.113 e. The van der Waals surface area contributed by atoms with E-state index >= 15 is 0 Å². The molecule has 0 saturated carbocycles. The number of alkyl halides is 1. The highest BCUT2D eigenvalue weighted by Crippen LogP contribution is 2.17. The zero-order valence-corrected chi connectivity index (χ0v) is 13.0. The second-order valence-corrected chi connectivity index (χ2v) is 6.19. The van der Waals surface area contributed by atoms with Gasteiger partial charge < -0.3 is 0 Å². The van der Waals surface area contributed by atoms with E-state index < -0.39 is 6.17 Å². The Bertz CT molecular complexity index is 554. The molecular formula is C20H24FN. The van der Waals surface area contributed by atoms with E-state index in [4.69, 9.17) is 0 Å². The average Bonchev–Trinajstić information content (AvgIpc) is 2.77. The maximum atomic E-state index is 14.3. The van der Waals surface area contributed by atoms with Crippen molar-refractivity contribution in [3.63, 3.8) is 0 Å². The molecular weight excluding hydrogens is 273 g/mol. The molecule has 0 spiro atoms. The number of fused-ring (bicyclic) bond motifs is 1. The topological polar surface area (TPSA) is 3.24 Å². The van der Waals surface area contributed by atoms with Crippen molar-refractivity contribution in [1.82, 2.24) is 4.90 Å². The van der Waals surface area contributed by atoms with Crippen molar-refractivity contribution < 1.29 is 4.39 Å². The number of hydrogen-bond donors (Lipinski definition) is 0. The molecule has 1 heterocycles. The van der Waals surface area contributed by atoms with E-state index in [1.807, 2.05) is 18.2 Å². The van der Waals surface area contributed by atoms with Crippen molar-refractivity contribution in [2.45, 2.75) is 31.9 Å². The third kappa shape index (κ3) is 4.17. The molecule has 0 aliphatic carbocycles. The number of aryl methyl sites for hydroxylation is 1. The molecule has 0 amide bonds. The van der Waals surface area contributed by atoms with Crippen LogP contribution in [0.4, 0.5) is 4.39 Å². The number of hydrogen-bond acceptors (Lipinski definition) is 1. The summed E-state index contributed by atoms with van der Waals surface area (Å²) in [5.74, 6) is 0. The van der Waals surface area contributed by atoms with Gasteiger partial charge in [0.2, 0.25) is 0 Å². The fourth-order valence-electron chi connectivity index (χ4n) is 3.24. The van der Waals surface area contributed by atoms with Gasteiger partial charge in [-0.1, -0.05) is 54.6 Å². The zero-order chi connectivity index (χ0) is 15.2. The van der Waals surface area contributed by atoms with Crippen LogP contribution >= 0.6 is 0 Å². The molecule has 1 unspecified atom stereocenters. The molecule has 1 aliphatic rings. The van der Waals surface area contributed by atoms with Crippen molar-refractivity contribution in [3.05, 3.63) is 71.3 Å². The third-order valence-corrected chi connectivity index (χ3v) is 4.56. The summed E-state index contributed by atoms with van der Waals surface area (Å²) >= 11 is 0. The van der Waals surface area contributed by atoms with Crippen molar-refractivity contribution in [2.75, 3.05) is 19.6 Å². The molecule has 0 fully saturated rings. The van der Waals surface area contributed by atoms with Gasteiger partial charge in [0, 0.05) is 19.6 Å². The Morgan fingerprint density at radius 3 is 2.09 bits per heavy atom. The fraction of sp³-hybridized carbons (Fsp3) is 0.400. The lowest BCUT2D eigenvalue weighted by Gasteiger charge is -2.22. The molecule has 1 atom stereocenters. The van der Waals surface area contributed by atoms with E-state index in [1.54, 1.807) is 0 Å². The normalized spacial score (nSPS) is 16.8. The number of halogens is 1. The van der Waals surface area contributed by atoms with Gasteiger partial charge in [-0.15, -0.1) is 0 Å². The van der Waals surface area contributed by atoms with Crippen molar-refractivity contribution in [3.8, 4) is 0 Å². The molecule has 2 heteroatoms. The predicted octanol–water partition coefficient (Wildman–Crippen LogP) is 4.06.